The lowest BCUT2D eigenvalue weighted by atomic mass is 10.1. The third-order valence-corrected chi connectivity index (χ3v) is 27.2. The number of nitrogens with two attached hydrogens (primary N) is 3. The molecule has 720 valence electrons. The SMILES string of the molecule is Cc1nc2c(ncn2[C@@H]2O[C@@H]3COP(=O)(O)O[C@@H]4C(O)[C@H](n5cnc6c(N)ncnc65)O[C@@H]4Cc4cn(nn4)[C@H]2C3O)c(=O)[nH]1.Cc1nc2c(ncn2[C@@H]2O[C@@H]3COP(=O)(O)O[C@@H]4C(O)[C@H](n5cnc6c(N)ncnc65)O[C@@H]4Cc4cn(nn4)[C@H]2C3O)c(=O)[nH]1.Cc1nc2c(ncn2[C@@H]2O[C@@H]3COP(=O)(O)O[C@@H]4C(O)[C@H](n5cnc6c(N)ncnc65)O[C@@H]4Cn4cc(nn4)CO[C@H]2C3O)c(=O)[nH]1. The fourth-order valence-corrected chi connectivity index (χ4v) is 20.9. The molecule has 0 aliphatic carbocycles. The Hall–Kier alpha value is -12.7. The van der Waals surface area contributed by atoms with Gasteiger partial charge in [0.25, 0.3) is 16.7 Å². The van der Waals surface area contributed by atoms with Gasteiger partial charge in [-0.15, -0.1) is 15.3 Å². The van der Waals surface area contributed by atoms with Crippen molar-refractivity contribution in [1.82, 2.24) is 162 Å². The van der Waals surface area contributed by atoms with Crippen LogP contribution < -0.4 is 33.9 Å². The molecule has 9 unspecified atom stereocenters. The van der Waals surface area contributed by atoms with E-state index in [0.29, 0.717) is 34.6 Å². The average molecular weight is 1960 g/mol. The third kappa shape index (κ3) is 16.0. The van der Waals surface area contributed by atoms with Crippen LogP contribution in [0.1, 0.15) is 84.0 Å². The van der Waals surface area contributed by atoms with E-state index in [4.69, 9.17) is 77.5 Å². The Bertz CT molecular complexity index is 7260. The molecule has 0 saturated carbocycles. The summed E-state index contributed by atoms with van der Waals surface area (Å²) in [5, 5.41) is 93.1. The average Bonchev–Trinajstić information content (AvgIpc) is 1.70. The number of nitrogens with one attached hydrogen (secondary N) is 3. The zero-order chi connectivity index (χ0) is 95.0. The van der Waals surface area contributed by atoms with Crippen LogP contribution in [0.3, 0.4) is 0 Å². The summed E-state index contributed by atoms with van der Waals surface area (Å²) in [5.74, 6) is 1.34. The number of nitrogen functional groups attached to an aromatic ring is 3. The Morgan fingerprint density at radius 2 is 0.693 bits per heavy atom. The summed E-state index contributed by atoms with van der Waals surface area (Å²) >= 11 is 0. The standard InChI is InChI=1S/C24H27N12O10P.2C23H25N12O9P/c1-9-30-21-14(22(39)31-9)29-8-36(21)24-18-15(37)12(45-24)5-43-47(40,41)46-17-11(3-34-2-10(4-42-18)32-33-34)44-23(16(17)38)35-7-28-13-19(25)26-6-27-20(13)35;2*1-8-29-20-13(21(38)30-8)28-7-34(20)22-14-15(36)11(43-22)4-41-45(39,40)44-17-10(2-9-3-35(14)32-31-9)42-23(16(17)37)33-6-27-12-18(24)25-5-26-19(12)33/h2,6-8,11-12,15-18,23-24,37-38H,3-5H2,1H3,(H,40,41)(H2,25,26,27)(H,30,31,39);2*3,5-7,10-11,14-17,22-23,36-37H,2,4H2,1H3,(H,39,40)(H2,24,25,26)(H,29,30,38)/t11-,12-,15?,16?,17+,18+,23-,24-;2*10-,11-,14+,15?,16?,17+,22-,23-/m111/s1. The van der Waals surface area contributed by atoms with Gasteiger partial charge in [-0.3, -0.25) is 68.9 Å². The molecular formula is C70H77N36O28P3. The number of rotatable bonds is 6. The molecule has 9 aliphatic rings. The predicted molar refractivity (Wildman–Crippen MR) is 443 cm³/mol. The van der Waals surface area contributed by atoms with Gasteiger partial charge in [0.05, 0.1) is 101 Å². The highest BCUT2D eigenvalue weighted by Crippen LogP contribution is 2.55. The van der Waals surface area contributed by atoms with Gasteiger partial charge in [0.1, 0.15) is 156 Å². The van der Waals surface area contributed by atoms with Crippen LogP contribution in [-0.2, 0) is 100.0 Å². The molecule has 9 aliphatic heterocycles. The van der Waals surface area contributed by atoms with E-state index in [-0.39, 0.29) is 110 Å². The van der Waals surface area contributed by atoms with Crippen molar-refractivity contribution in [3.8, 4) is 0 Å². The number of phosphoric acid groups is 3. The van der Waals surface area contributed by atoms with E-state index in [2.05, 4.69) is 121 Å². The number of ether oxygens (including phenoxy) is 7. The quantitative estimate of drug-likeness (QED) is 0.0691. The van der Waals surface area contributed by atoms with Gasteiger partial charge in [0.15, 0.2) is 105 Å². The first kappa shape index (κ1) is 89.5. The number of anilines is 3. The largest absolute Gasteiger partial charge is 0.472 e. The van der Waals surface area contributed by atoms with Gasteiger partial charge in [-0.25, -0.2) is 103 Å². The minimum atomic E-state index is -4.96. The first-order chi connectivity index (χ1) is 65.7. The maximum absolute atomic E-state index is 13.3. The number of imidazole rings is 6. The Kier molecular flexibility index (Phi) is 22.3. The lowest BCUT2D eigenvalue weighted by molar-refractivity contribution is -0.0774. The Balaban J connectivity index is 0.000000119. The van der Waals surface area contributed by atoms with Gasteiger partial charge < -0.3 is 111 Å². The van der Waals surface area contributed by atoms with Crippen LogP contribution in [0.25, 0.3) is 67.0 Å². The molecule has 0 radical (unpaired) electrons. The molecule has 15 aromatic rings. The van der Waals surface area contributed by atoms with E-state index in [9.17, 15) is 73.4 Å². The minimum Gasteiger partial charge on any atom is -0.388 e. The minimum absolute atomic E-state index is 0.0373. The molecular weight excluding hydrogens is 1890 g/mol. The molecule has 6 saturated heterocycles. The number of aliphatic hydroxyl groups is 6. The van der Waals surface area contributed by atoms with Gasteiger partial charge in [-0.1, -0.05) is 15.6 Å². The topological polar surface area (TPSA) is 845 Å². The Morgan fingerprint density at radius 1 is 0.365 bits per heavy atom. The number of fused-ring (bicyclic) bond motifs is 23. The van der Waals surface area contributed by atoms with Crippen LogP contribution in [0.2, 0.25) is 0 Å². The van der Waals surface area contributed by atoms with Crippen molar-refractivity contribution in [3.63, 3.8) is 0 Å². The molecule has 24 rings (SSSR count). The summed E-state index contributed by atoms with van der Waals surface area (Å²) in [6, 6.07) is -1.92. The van der Waals surface area contributed by atoms with E-state index in [1.54, 1.807) is 39.4 Å². The molecule has 0 spiro atoms. The van der Waals surface area contributed by atoms with Crippen molar-refractivity contribution in [2.45, 2.75) is 194 Å². The lowest BCUT2D eigenvalue weighted by Gasteiger charge is -2.24. The van der Waals surface area contributed by atoms with Crippen LogP contribution in [-0.4, -0.2) is 325 Å². The van der Waals surface area contributed by atoms with Crippen molar-refractivity contribution in [3.05, 3.63) is 141 Å². The number of nitrogens with zero attached hydrogens (tertiary/aromatic N) is 30. The number of phosphoric ester groups is 3. The second-order valence-electron chi connectivity index (χ2n) is 33.0. The molecule has 12 bridgehead atoms. The molecule has 15 aromatic heterocycles. The highest BCUT2D eigenvalue weighted by Gasteiger charge is 2.57. The van der Waals surface area contributed by atoms with Crippen molar-refractivity contribution in [2.24, 2.45) is 0 Å². The van der Waals surface area contributed by atoms with Gasteiger partial charge in [-0.2, -0.15) is 0 Å². The summed E-state index contributed by atoms with van der Waals surface area (Å²) in [6.07, 6.45) is -10.8. The van der Waals surface area contributed by atoms with Crippen molar-refractivity contribution in [2.75, 3.05) is 37.0 Å². The molecule has 67 heteroatoms. The molecule has 18 N–H and O–H groups in total. The Labute approximate surface area is 758 Å². The maximum atomic E-state index is 13.3. The molecule has 6 fully saturated rings. The molecule has 0 amide bonds. The summed E-state index contributed by atoms with van der Waals surface area (Å²) in [4.78, 5) is 140. The lowest BCUT2D eigenvalue weighted by Crippen LogP contribution is -2.37. The van der Waals surface area contributed by atoms with Gasteiger partial charge in [0, 0.05) is 25.2 Å². The van der Waals surface area contributed by atoms with Gasteiger partial charge in [-0.05, 0) is 20.8 Å². The van der Waals surface area contributed by atoms with Crippen molar-refractivity contribution >= 4 is 108 Å². The molecule has 27 atom stereocenters. The van der Waals surface area contributed by atoms with Crippen LogP contribution in [0.5, 0.6) is 0 Å². The highest BCUT2D eigenvalue weighted by molar-refractivity contribution is 7.48. The second kappa shape index (κ2) is 34.2. The Morgan fingerprint density at radius 3 is 1.09 bits per heavy atom. The highest BCUT2D eigenvalue weighted by atomic mass is 31.2. The predicted octanol–water partition coefficient (Wildman–Crippen LogP) is -5.42. The monoisotopic (exact) mass is 1960 g/mol. The third-order valence-electron chi connectivity index (χ3n) is 24.3. The summed E-state index contributed by atoms with van der Waals surface area (Å²) in [7, 11) is -14.7. The fraction of sp³-hybridized carbons (Fsp3) is 0.486. The zero-order valence-corrected chi connectivity index (χ0v) is 73.2. The summed E-state index contributed by atoms with van der Waals surface area (Å²) in [5.41, 5.74) is 19.7. The van der Waals surface area contributed by atoms with E-state index < -0.39 is 207 Å². The summed E-state index contributed by atoms with van der Waals surface area (Å²) < 4.78 is 128. The molecule has 0 aromatic carbocycles. The number of hydrogen-bond donors (Lipinski definition) is 15. The van der Waals surface area contributed by atoms with E-state index >= 15 is 0 Å². The van der Waals surface area contributed by atoms with E-state index in [0.717, 1.165) is 0 Å². The number of aryl methyl sites for hydroxylation is 3. The normalized spacial score (nSPS) is 33.5. The number of hydrogen-bond acceptors (Lipinski definition) is 49. The fourth-order valence-electron chi connectivity index (χ4n) is 18.0. The van der Waals surface area contributed by atoms with E-state index in [1.165, 1.54) is 98.4 Å². The van der Waals surface area contributed by atoms with Crippen molar-refractivity contribution < 1.29 is 119 Å². The summed E-state index contributed by atoms with van der Waals surface area (Å²) in [6.45, 7) is 2.79. The van der Waals surface area contributed by atoms with E-state index in [1.807, 2.05) is 0 Å². The molecule has 24 heterocycles. The number of aromatic amines is 3. The second-order valence-corrected chi connectivity index (χ2v) is 37.2. The first-order valence-corrected chi connectivity index (χ1v) is 46.1. The van der Waals surface area contributed by atoms with Crippen LogP contribution in [0.15, 0.2) is 89.9 Å². The van der Waals surface area contributed by atoms with Crippen LogP contribution in [0.4, 0.5) is 17.5 Å². The number of aromatic nitrogens is 33. The van der Waals surface area contributed by atoms with Gasteiger partial charge in [0.2, 0.25) is 0 Å². The van der Waals surface area contributed by atoms with Crippen LogP contribution in [0, 0.1) is 20.8 Å². The molecule has 137 heavy (non-hydrogen) atoms. The number of aliphatic hydroxyl groups excluding tert-OH is 6. The smallest absolute Gasteiger partial charge is 0.388 e. The zero-order valence-electron chi connectivity index (χ0n) is 70.5. The van der Waals surface area contributed by atoms with Crippen molar-refractivity contribution in [1.29, 1.82) is 0 Å². The van der Waals surface area contributed by atoms with Gasteiger partial charge >= 0.3 is 23.5 Å². The van der Waals surface area contributed by atoms with Crippen LogP contribution >= 0.6 is 23.5 Å². The number of H-pyrrole nitrogens is 3. The first-order valence-electron chi connectivity index (χ1n) is 41.6. The maximum Gasteiger partial charge on any atom is 0.472 e. The molecule has 64 nitrogen and oxygen atoms in total.